The molecule has 5 nitrogen and oxygen atoms in total. The molecule has 136 valence electrons. The fraction of sp³-hybridized carbons (Fsp3) is 0.250. The van der Waals surface area contributed by atoms with Gasteiger partial charge < -0.3 is 10.1 Å². The maximum Gasteiger partial charge on any atom is 0.308 e. The second-order valence-electron chi connectivity index (χ2n) is 5.96. The number of benzene rings is 2. The van der Waals surface area contributed by atoms with E-state index in [2.05, 4.69) is 5.32 Å². The standard InChI is InChI=1S/C20H20FNO4/c1-13-3-5-15(6-4-13)18(22-14(2)23)11-20(25)26-12-19(24)16-7-9-17(21)10-8-16/h3-10,18H,11-12H2,1-2H3,(H,22,23). The predicted molar refractivity (Wildman–Crippen MR) is 94.0 cm³/mol. The summed E-state index contributed by atoms with van der Waals surface area (Å²) in [4.78, 5) is 35.4. The van der Waals surface area contributed by atoms with E-state index in [0.717, 1.165) is 11.1 Å². The van der Waals surface area contributed by atoms with Crippen LogP contribution < -0.4 is 5.32 Å². The highest BCUT2D eigenvalue weighted by molar-refractivity contribution is 5.97. The Balaban J connectivity index is 1.96. The Morgan fingerprint density at radius 2 is 1.65 bits per heavy atom. The lowest BCUT2D eigenvalue weighted by Gasteiger charge is -2.18. The van der Waals surface area contributed by atoms with Crippen LogP contribution in [0.3, 0.4) is 0 Å². The molecule has 2 aromatic rings. The molecule has 1 amide bonds. The summed E-state index contributed by atoms with van der Waals surface area (Å²) in [5.41, 5.74) is 2.09. The largest absolute Gasteiger partial charge is 0.457 e. The Labute approximate surface area is 151 Å². The first-order valence-corrected chi connectivity index (χ1v) is 8.13. The zero-order valence-corrected chi connectivity index (χ0v) is 14.6. The van der Waals surface area contributed by atoms with Crippen molar-refractivity contribution in [2.75, 3.05) is 6.61 Å². The molecule has 1 unspecified atom stereocenters. The molecule has 0 spiro atoms. The number of halogens is 1. The molecule has 2 rings (SSSR count). The molecule has 0 heterocycles. The maximum absolute atomic E-state index is 12.9. The number of rotatable bonds is 7. The van der Waals surface area contributed by atoms with Gasteiger partial charge >= 0.3 is 5.97 Å². The fourth-order valence-corrected chi connectivity index (χ4v) is 2.39. The van der Waals surface area contributed by atoms with Gasteiger partial charge in [-0.05, 0) is 36.8 Å². The number of amides is 1. The molecule has 0 radical (unpaired) electrons. The fourth-order valence-electron chi connectivity index (χ4n) is 2.39. The molecular weight excluding hydrogens is 337 g/mol. The van der Waals surface area contributed by atoms with Crippen molar-refractivity contribution >= 4 is 17.7 Å². The van der Waals surface area contributed by atoms with E-state index in [0.29, 0.717) is 0 Å². The van der Waals surface area contributed by atoms with Gasteiger partial charge in [-0.2, -0.15) is 0 Å². The first-order chi connectivity index (χ1) is 12.3. The molecule has 6 heteroatoms. The van der Waals surface area contributed by atoms with Crippen LogP contribution in [0.1, 0.15) is 40.9 Å². The summed E-state index contributed by atoms with van der Waals surface area (Å²) < 4.78 is 17.9. The number of nitrogens with one attached hydrogen (secondary N) is 1. The molecule has 0 aliphatic rings. The first kappa shape index (κ1) is 19.3. The zero-order chi connectivity index (χ0) is 19.1. The third kappa shape index (κ3) is 5.81. The van der Waals surface area contributed by atoms with Crippen LogP contribution in [0.5, 0.6) is 0 Å². The number of hydrogen-bond acceptors (Lipinski definition) is 4. The third-order valence-electron chi connectivity index (χ3n) is 3.76. The molecule has 0 saturated heterocycles. The van der Waals surface area contributed by atoms with Gasteiger partial charge in [0.05, 0.1) is 12.5 Å². The van der Waals surface area contributed by atoms with Gasteiger partial charge in [0, 0.05) is 12.5 Å². The van der Waals surface area contributed by atoms with E-state index in [9.17, 15) is 18.8 Å². The van der Waals surface area contributed by atoms with Crippen LogP contribution in [0.15, 0.2) is 48.5 Å². The van der Waals surface area contributed by atoms with Crippen LogP contribution in [0.2, 0.25) is 0 Å². The van der Waals surface area contributed by atoms with Crippen molar-refractivity contribution in [2.45, 2.75) is 26.3 Å². The van der Waals surface area contributed by atoms with Crippen molar-refractivity contribution in [3.63, 3.8) is 0 Å². The highest BCUT2D eigenvalue weighted by Crippen LogP contribution is 2.18. The maximum atomic E-state index is 12.9. The van der Waals surface area contributed by atoms with Gasteiger partial charge in [0.1, 0.15) is 5.82 Å². The van der Waals surface area contributed by atoms with Crippen molar-refractivity contribution in [2.24, 2.45) is 0 Å². The summed E-state index contributed by atoms with van der Waals surface area (Å²) >= 11 is 0. The van der Waals surface area contributed by atoms with Gasteiger partial charge in [0.15, 0.2) is 12.4 Å². The van der Waals surface area contributed by atoms with Crippen LogP contribution in [0.25, 0.3) is 0 Å². The van der Waals surface area contributed by atoms with E-state index in [1.54, 1.807) is 0 Å². The molecular formula is C20H20FNO4. The van der Waals surface area contributed by atoms with E-state index in [4.69, 9.17) is 4.74 Å². The Kier molecular flexibility index (Phi) is 6.60. The average Bonchev–Trinajstić information content (AvgIpc) is 2.60. The molecule has 0 fully saturated rings. The van der Waals surface area contributed by atoms with E-state index in [1.807, 2.05) is 31.2 Å². The minimum Gasteiger partial charge on any atom is -0.457 e. The van der Waals surface area contributed by atoms with Crippen LogP contribution in [0.4, 0.5) is 4.39 Å². The highest BCUT2D eigenvalue weighted by atomic mass is 19.1. The molecule has 0 aromatic heterocycles. The number of ether oxygens (including phenoxy) is 1. The van der Waals surface area contributed by atoms with Gasteiger partial charge in [0.25, 0.3) is 0 Å². The van der Waals surface area contributed by atoms with Crippen LogP contribution in [-0.4, -0.2) is 24.3 Å². The Bertz CT molecular complexity index is 784. The summed E-state index contributed by atoms with van der Waals surface area (Å²) in [6.45, 7) is 2.86. The molecule has 26 heavy (non-hydrogen) atoms. The topological polar surface area (TPSA) is 72.5 Å². The van der Waals surface area contributed by atoms with Crippen LogP contribution >= 0.6 is 0 Å². The summed E-state index contributed by atoms with van der Waals surface area (Å²) in [5.74, 6) is -1.76. The SMILES string of the molecule is CC(=O)NC(CC(=O)OCC(=O)c1ccc(F)cc1)c1ccc(C)cc1. The lowest BCUT2D eigenvalue weighted by Crippen LogP contribution is -2.29. The number of carbonyl (C=O) groups is 3. The van der Waals surface area contributed by atoms with Gasteiger partial charge in [-0.25, -0.2) is 4.39 Å². The third-order valence-corrected chi connectivity index (χ3v) is 3.76. The smallest absolute Gasteiger partial charge is 0.308 e. The molecule has 1 N–H and O–H groups in total. The van der Waals surface area contributed by atoms with E-state index >= 15 is 0 Å². The molecule has 1 atom stereocenters. The predicted octanol–water partition coefficient (Wildman–Crippen LogP) is 3.13. The second kappa shape index (κ2) is 8.89. The van der Waals surface area contributed by atoms with Crippen molar-refractivity contribution < 1.29 is 23.5 Å². The Morgan fingerprint density at radius 3 is 2.23 bits per heavy atom. The summed E-state index contributed by atoms with van der Waals surface area (Å²) in [5, 5.41) is 2.71. The number of ketones is 1. The quantitative estimate of drug-likeness (QED) is 0.610. The summed E-state index contributed by atoms with van der Waals surface area (Å²) in [6, 6.07) is 11.9. The lowest BCUT2D eigenvalue weighted by atomic mass is 10.0. The number of Topliss-reactive ketones (excluding diaryl/α,β-unsaturated/α-hetero) is 1. The zero-order valence-electron chi connectivity index (χ0n) is 14.6. The van der Waals surface area contributed by atoms with Crippen LogP contribution in [-0.2, 0) is 14.3 Å². The van der Waals surface area contributed by atoms with Crippen LogP contribution in [0, 0.1) is 12.7 Å². The van der Waals surface area contributed by atoms with E-state index in [1.165, 1.54) is 31.2 Å². The second-order valence-corrected chi connectivity index (χ2v) is 5.96. The van der Waals surface area contributed by atoms with E-state index in [-0.39, 0.29) is 17.9 Å². The minimum absolute atomic E-state index is 0.0979. The van der Waals surface area contributed by atoms with Crippen molar-refractivity contribution in [1.29, 1.82) is 0 Å². The summed E-state index contributed by atoms with van der Waals surface area (Å²) in [7, 11) is 0. The number of hydrogen-bond donors (Lipinski definition) is 1. The number of aryl methyl sites for hydroxylation is 1. The summed E-state index contributed by atoms with van der Waals surface area (Å²) in [6.07, 6.45) is -0.0979. The highest BCUT2D eigenvalue weighted by Gasteiger charge is 2.19. The van der Waals surface area contributed by atoms with Gasteiger partial charge in [-0.1, -0.05) is 29.8 Å². The Morgan fingerprint density at radius 1 is 1.04 bits per heavy atom. The minimum atomic E-state index is -0.611. The van der Waals surface area contributed by atoms with Crippen molar-refractivity contribution in [3.05, 3.63) is 71.0 Å². The van der Waals surface area contributed by atoms with E-state index < -0.39 is 30.2 Å². The molecule has 0 aliphatic heterocycles. The lowest BCUT2D eigenvalue weighted by molar-refractivity contribution is -0.143. The van der Waals surface area contributed by atoms with Crippen molar-refractivity contribution in [3.8, 4) is 0 Å². The number of esters is 1. The number of carbonyl (C=O) groups excluding carboxylic acids is 3. The molecule has 0 saturated carbocycles. The normalized spacial score (nSPS) is 11.5. The van der Waals surface area contributed by atoms with Gasteiger partial charge in [0.2, 0.25) is 5.91 Å². The van der Waals surface area contributed by atoms with Crippen molar-refractivity contribution in [1.82, 2.24) is 5.32 Å². The monoisotopic (exact) mass is 357 g/mol. The van der Waals surface area contributed by atoms with Gasteiger partial charge in [-0.3, -0.25) is 14.4 Å². The first-order valence-electron chi connectivity index (χ1n) is 8.13. The molecule has 0 bridgehead atoms. The van der Waals surface area contributed by atoms with Gasteiger partial charge in [-0.15, -0.1) is 0 Å². The average molecular weight is 357 g/mol. The molecule has 2 aromatic carbocycles. The Hall–Kier alpha value is -3.02. The molecule has 0 aliphatic carbocycles.